The number of allylic oxidation sites excluding steroid dienone is 1. The summed E-state index contributed by atoms with van der Waals surface area (Å²) in [4.78, 5) is 0. The van der Waals surface area contributed by atoms with E-state index in [0.717, 1.165) is 0 Å². The third kappa shape index (κ3) is 29.2. The van der Waals surface area contributed by atoms with E-state index in [0.29, 0.717) is 0 Å². The third-order valence-electron chi connectivity index (χ3n) is 2.26. The van der Waals surface area contributed by atoms with E-state index in [-0.39, 0.29) is 7.43 Å². The summed E-state index contributed by atoms with van der Waals surface area (Å²) < 4.78 is 0. The van der Waals surface area contributed by atoms with Crippen LogP contribution in [-0.4, -0.2) is 0 Å². The van der Waals surface area contributed by atoms with E-state index in [4.69, 9.17) is 0 Å². The highest BCUT2D eigenvalue weighted by Gasteiger charge is 1.89. The molecule has 0 radical (unpaired) electrons. The number of nitrogens with two attached hydrogens (primary N) is 1. The Morgan fingerprint density at radius 1 is 0.875 bits per heavy atom. The zero-order valence-electron chi connectivity index (χ0n) is 10.5. The molecule has 0 rings (SSSR count). The molecule has 0 atom stereocenters. The van der Waals surface area contributed by atoms with Crippen molar-refractivity contribution in [3.8, 4) is 0 Å². The molecule has 0 aromatic carbocycles. The molecule has 0 aromatic rings. The fourth-order valence-electron chi connectivity index (χ4n) is 1.42. The van der Waals surface area contributed by atoms with E-state index in [1.54, 1.807) is 0 Å². The molecule has 0 aliphatic rings. The molecule has 0 aromatic heterocycles. The first kappa shape index (κ1) is 20.7. The van der Waals surface area contributed by atoms with E-state index in [1.807, 2.05) is 6.08 Å². The maximum atomic E-state index is 4.61. The predicted octanol–water partition coefficient (Wildman–Crippen LogP) is 5.43. The number of hydrogen-bond donors (Lipinski definition) is 1. The van der Waals surface area contributed by atoms with Crippen LogP contribution < -0.4 is 5.73 Å². The first-order valence-corrected chi connectivity index (χ1v) is 6.27. The van der Waals surface area contributed by atoms with Crippen molar-refractivity contribution < 1.29 is 0 Å². The second-order valence-electron chi connectivity index (χ2n) is 3.79. The fraction of sp³-hybridized carbons (Fsp3) is 0.733. The Morgan fingerprint density at radius 3 is 1.62 bits per heavy atom. The summed E-state index contributed by atoms with van der Waals surface area (Å²) in [6, 6.07) is 0. The van der Waals surface area contributed by atoms with Crippen LogP contribution in [0.25, 0.3) is 0 Å². The molecule has 0 heterocycles. The number of unbranched alkanes of at least 4 members (excludes halogenated alkanes) is 8. The fourth-order valence-corrected chi connectivity index (χ4v) is 1.42. The van der Waals surface area contributed by atoms with Gasteiger partial charge in [0.25, 0.3) is 0 Å². The summed E-state index contributed by atoms with van der Waals surface area (Å²) >= 11 is 0. The second kappa shape index (κ2) is 23.8. The van der Waals surface area contributed by atoms with Gasteiger partial charge in [-0.25, -0.2) is 0 Å². The molecule has 98 valence electrons. The number of rotatable bonds is 9. The standard InChI is InChI=1S/C12H24.C2H5N.CH4/c1-3-5-7-9-11-12-10-8-6-4-2;1-2-3;/h3H,1,4-12H2,2H3;2H,1,3H2;1H4. The van der Waals surface area contributed by atoms with E-state index < -0.39 is 0 Å². The Labute approximate surface area is 104 Å². The van der Waals surface area contributed by atoms with E-state index in [9.17, 15) is 0 Å². The summed E-state index contributed by atoms with van der Waals surface area (Å²) in [7, 11) is 0. The zero-order valence-corrected chi connectivity index (χ0v) is 10.5. The van der Waals surface area contributed by atoms with Crippen LogP contribution in [0.15, 0.2) is 25.4 Å². The predicted molar refractivity (Wildman–Crippen MR) is 78.5 cm³/mol. The minimum Gasteiger partial charge on any atom is -0.405 e. The molecule has 1 nitrogen and oxygen atoms in total. The first-order chi connectivity index (χ1) is 7.33. The van der Waals surface area contributed by atoms with Gasteiger partial charge in [-0.05, 0) is 19.0 Å². The molecular weight excluding hydrogens is 194 g/mol. The van der Waals surface area contributed by atoms with Gasteiger partial charge in [-0.2, -0.15) is 0 Å². The second-order valence-corrected chi connectivity index (χ2v) is 3.79. The molecule has 2 N–H and O–H groups in total. The Hall–Kier alpha value is -0.720. The van der Waals surface area contributed by atoms with Crippen LogP contribution in [-0.2, 0) is 0 Å². The summed E-state index contributed by atoms with van der Waals surface area (Å²) in [5.74, 6) is 0. The lowest BCUT2D eigenvalue weighted by atomic mass is 10.1. The van der Waals surface area contributed by atoms with Crippen molar-refractivity contribution in [1.29, 1.82) is 0 Å². The van der Waals surface area contributed by atoms with Crippen LogP contribution in [0.3, 0.4) is 0 Å². The summed E-state index contributed by atoms with van der Waals surface area (Å²) in [6.07, 6.45) is 15.8. The smallest absolute Gasteiger partial charge is 0.0136 e. The summed E-state index contributed by atoms with van der Waals surface area (Å²) in [5, 5.41) is 0. The highest BCUT2D eigenvalue weighted by atomic mass is 14.5. The van der Waals surface area contributed by atoms with E-state index in [2.05, 4.69) is 25.8 Å². The molecular formula is C15H33N. The van der Waals surface area contributed by atoms with Crippen molar-refractivity contribution in [2.75, 3.05) is 0 Å². The van der Waals surface area contributed by atoms with Crippen LogP contribution in [0.5, 0.6) is 0 Å². The van der Waals surface area contributed by atoms with Gasteiger partial charge in [-0.3, -0.25) is 0 Å². The average Bonchev–Trinajstić information content (AvgIpc) is 2.23. The Morgan fingerprint density at radius 2 is 1.25 bits per heavy atom. The van der Waals surface area contributed by atoms with Crippen molar-refractivity contribution in [1.82, 2.24) is 0 Å². The molecule has 1 heteroatoms. The highest BCUT2D eigenvalue weighted by Crippen LogP contribution is 2.09. The van der Waals surface area contributed by atoms with Gasteiger partial charge in [0.15, 0.2) is 0 Å². The van der Waals surface area contributed by atoms with Gasteiger partial charge in [-0.15, -0.1) is 6.58 Å². The SMILES string of the molecule is C.C=CCCCCCCCCCC.C=CN. The maximum absolute atomic E-state index is 4.61. The van der Waals surface area contributed by atoms with Crippen molar-refractivity contribution in [2.24, 2.45) is 5.73 Å². The lowest BCUT2D eigenvalue weighted by Crippen LogP contribution is -1.79. The van der Waals surface area contributed by atoms with Crippen LogP contribution in [0.2, 0.25) is 0 Å². The third-order valence-corrected chi connectivity index (χ3v) is 2.26. The summed E-state index contributed by atoms with van der Waals surface area (Å²) in [6.45, 7) is 9.13. The molecule has 0 bridgehead atoms. The minimum absolute atomic E-state index is 0. The van der Waals surface area contributed by atoms with Gasteiger partial charge in [0, 0.05) is 0 Å². The monoisotopic (exact) mass is 227 g/mol. The van der Waals surface area contributed by atoms with Crippen molar-refractivity contribution in [2.45, 2.75) is 72.1 Å². The molecule has 0 aliphatic carbocycles. The molecule has 16 heavy (non-hydrogen) atoms. The normalized spacial score (nSPS) is 8.31. The van der Waals surface area contributed by atoms with Crippen molar-refractivity contribution in [3.63, 3.8) is 0 Å². The maximum Gasteiger partial charge on any atom is -0.0136 e. The van der Waals surface area contributed by atoms with Crippen molar-refractivity contribution in [3.05, 3.63) is 25.4 Å². The Kier molecular flexibility index (Phi) is 30.8. The molecule has 0 saturated heterocycles. The van der Waals surface area contributed by atoms with Gasteiger partial charge < -0.3 is 5.73 Å². The summed E-state index contributed by atoms with van der Waals surface area (Å²) in [5.41, 5.74) is 4.61. The molecule has 0 amide bonds. The van der Waals surface area contributed by atoms with Crippen molar-refractivity contribution >= 4 is 0 Å². The van der Waals surface area contributed by atoms with E-state index in [1.165, 1.54) is 64.0 Å². The highest BCUT2D eigenvalue weighted by molar-refractivity contribution is 4.65. The van der Waals surface area contributed by atoms with Gasteiger partial charge in [-0.1, -0.05) is 72.0 Å². The average molecular weight is 227 g/mol. The lowest BCUT2D eigenvalue weighted by molar-refractivity contribution is 0.578. The molecule has 0 fully saturated rings. The van der Waals surface area contributed by atoms with Gasteiger partial charge >= 0.3 is 0 Å². The van der Waals surface area contributed by atoms with Crippen LogP contribution >= 0.6 is 0 Å². The lowest BCUT2D eigenvalue weighted by Gasteiger charge is -1.99. The molecule has 0 aliphatic heterocycles. The van der Waals surface area contributed by atoms with Crippen LogP contribution in [0.4, 0.5) is 0 Å². The topological polar surface area (TPSA) is 26.0 Å². The van der Waals surface area contributed by atoms with Crippen LogP contribution in [0, 0.1) is 0 Å². The Balaban J connectivity index is -0.000000377. The zero-order chi connectivity index (χ0) is 11.8. The van der Waals surface area contributed by atoms with Gasteiger partial charge in [0.1, 0.15) is 0 Å². The molecule has 0 unspecified atom stereocenters. The van der Waals surface area contributed by atoms with Gasteiger partial charge in [0.2, 0.25) is 0 Å². The minimum atomic E-state index is 0. The largest absolute Gasteiger partial charge is 0.405 e. The molecule has 0 saturated carbocycles. The quantitative estimate of drug-likeness (QED) is 0.412. The van der Waals surface area contributed by atoms with E-state index >= 15 is 0 Å². The van der Waals surface area contributed by atoms with Crippen LogP contribution in [0.1, 0.15) is 72.1 Å². The van der Waals surface area contributed by atoms with Gasteiger partial charge in [0.05, 0.1) is 0 Å². The molecule has 0 spiro atoms. The first-order valence-electron chi connectivity index (χ1n) is 6.27. The number of hydrogen-bond acceptors (Lipinski definition) is 1. The Bertz CT molecular complexity index is 119.